The normalized spacial score (nSPS) is 14.4. The van der Waals surface area contributed by atoms with Crippen LogP contribution in [0.1, 0.15) is 33.7 Å². The molecule has 1 aromatic rings. The molecular weight excluding hydrogens is 264 g/mol. The van der Waals surface area contributed by atoms with E-state index in [2.05, 4.69) is 15.5 Å². The fraction of sp³-hybridized carbons (Fsp3) is 0.750. The second-order valence-corrected chi connectivity index (χ2v) is 5.86. The quantitative estimate of drug-likeness (QED) is 0.733. The average molecular weight is 286 g/mol. The van der Waals surface area contributed by atoms with Crippen molar-refractivity contribution in [1.82, 2.24) is 20.1 Å². The smallest absolute Gasteiger partial charge is 0.230 e. The summed E-state index contributed by atoms with van der Waals surface area (Å²) in [5, 5.41) is 20.5. The first-order valence-electron chi connectivity index (χ1n) is 6.38. The van der Waals surface area contributed by atoms with Crippen LogP contribution in [0.4, 0.5) is 0 Å². The predicted molar refractivity (Wildman–Crippen MR) is 75.0 cm³/mol. The van der Waals surface area contributed by atoms with Crippen LogP contribution in [0.5, 0.6) is 0 Å². The molecule has 2 unspecified atom stereocenters. The van der Waals surface area contributed by atoms with Gasteiger partial charge in [0.15, 0.2) is 5.16 Å². The number of hydrogen-bond acceptors (Lipinski definition) is 5. The molecule has 0 bridgehead atoms. The molecule has 0 aliphatic rings. The second kappa shape index (κ2) is 7.49. The Hall–Kier alpha value is -1.08. The lowest BCUT2D eigenvalue weighted by atomic mass is 10.1. The van der Waals surface area contributed by atoms with Gasteiger partial charge in [-0.1, -0.05) is 18.7 Å². The molecule has 2 N–H and O–H groups in total. The molecule has 2 atom stereocenters. The highest BCUT2D eigenvalue weighted by molar-refractivity contribution is 7.99. The van der Waals surface area contributed by atoms with Gasteiger partial charge in [-0.15, -0.1) is 10.2 Å². The number of thioether (sulfide) groups is 1. The van der Waals surface area contributed by atoms with Crippen LogP contribution in [-0.4, -0.2) is 44.2 Å². The monoisotopic (exact) mass is 286 g/mol. The Bertz CT molecular complexity index is 408. The summed E-state index contributed by atoms with van der Waals surface area (Å²) < 4.78 is 1.93. The number of rotatable bonds is 7. The Kier molecular flexibility index (Phi) is 6.30. The van der Waals surface area contributed by atoms with Crippen molar-refractivity contribution >= 4 is 17.7 Å². The van der Waals surface area contributed by atoms with Crippen LogP contribution in [0.3, 0.4) is 0 Å². The minimum Gasteiger partial charge on any atom is -0.396 e. The number of aliphatic hydroxyl groups excluding tert-OH is 1. The van der Waals surface area contributed by atoms with Gasteiger partial charge in [0.05, 0.1) is 5.75 Å². The van der Waals surface area contributed by atoms with E-state index < -0.39 is 0 Å². The van der Waals surface area contributed by atoms with E-state index in [0.29, 0.717) is 5.75 Å². The maximum Gasteiger partial charge on any atom is 0.230 e. The predicted octanol–water partition coefficient (Wildman–Crippen LogP) is 1.08. The summed E-state index contributed by atoms with van der Waals surface area (Å²) in [6.45, 7) is 7.93. The SMILES string of the molecule is CC(CO)C(C)NC(=O)CSc1nncn1C(C)C. The highest BCUT2D eigenvalue weighted by Crippen LogP contribution is 2.18. The van der Waals surface area contributed by atoms with Gasteiger partial charge in [-0.2, -0.15) is 0 Å². The summed E-state index contributed by atoms with van der Waals surface area (Å²) in [4.78, 5) is 11.8. The van der Waals surface area contributed by atoms with Gasteiger partial charge in [0, 0.05) is 18.7 Å². The van der Waals surface area contributed by atoms with E-state index in [9.17, 15) is 4.79 Å². The molecule has 0 spiro atoms. The van der Waals surface area contributed by atoms with Crippen LogP contribution < -0.4 is 5.32 Å². The van der Waals surface area contributed by atoms with Crippen LogP contribution >= 0.6 is 11.8 Å². The Balaban J connectivity index is 2.44. The lowest BCUT2D eigenvalue weighted by Crippen LogP contribution is -2.39. The first-order valence-corrected chi connectivity index (χ1v) is 7.36. The van der Waals surface area contributed by atoms with E-state index in [1.807, 2.05) is 32.3 Å². The third-order valence-corrected chi connectivity index (χ3v) is 3.92. The molecular formula is C12H22N4O2S. The number of carbonyl (C=O) groups is 1. The number of hydrogen-bond donors (Lipinski definition) is 2. The highest BCUT2D eigenvalue weighted by atomic mass is 32.2. The Labute approximate surface area is 118 Å². The summed E-state index contributed by atoms with van der Waals surface area (Å²) in [6, 6.07) is 0.231. The molecule has 108 valence electrons. The molecule has 1 aromatic heterocycles. The molecule has 0 aromatic carbocycles. The fourth-order valence-electron chi connectivity index (χ4n) is 1.42. The highest BCUT2D eigenvalue weighted by Gasteiger charge is 2.15. The van der Waals surface area contributed by atoms with Crippen molar-refractivity contribution in [2.24, 2.45) is 5.92 Å². The van der Waals surface area contributed by atoms with E-state index in [0.717, 1.165) is 5.16 Å². The Morgan fingerprint density at radius 3 is 2.74 bits per heavy atom. The van der Waals surface area contributed by atoms with E-state index in [1.54, 1.807) is 6.33 Å². The zero-order valence-corrected chi connectivity index (χ0v) is 12.6. The Morgan fingerprint density at radius 1 is 1.47 bits per heavy atom. The molecule has 0 fully saturated rings. The Morgan fingerprint density at radius 2 is 2.16 bits per heavy atom. The number of nitrogens with one attached hydrogen (secondary N) is 1. The van der Waals surface area contributed by atoms with E-state index >= 15 is 0 Å². The summed E-state index contributed by atoms with van der Waals surface area (Å²) in [5.41, 5.74) is 0. The van der Waals surface area contributed by atoms with Crippen molar-refractivity contribution in [3.8, 4) is 0 Å². The molecule has 0 radical (unpaired) electrons. The first-order chi connectivity index (χ1) is 8.95. The largest absolute Gasteiger partial charge is 0.396 e. The molecule has 1 amide bonds. The maximum absolute atomic E-state index is 11.8. The number of aromatic nitrogens is 3. The number of amides is 1. The fourth-order valence-corrected chi connectivity index (χ4v) is 2.27. The molecule has 0 saturated heterocycles. The van der Waals surface area contributed by atoms with Crippen molar-refractivity contribution in [1.29, 1.82) is 0 Å². The minimum absolute atomic E-state index is 0.0407. The third kappa shape index (κ3) is 4.83. The van der Waals surface area contributed by atoms with Gasteiger partial charge < -0.3 is 15.0 Å². The third-order valence-electron chi connectivity index (χ3n) is 2.96. The van der Waals surface area contributed by atoms with Gasteiger partial charge in [0.2, 0.25) is 5.91 Å². The van der Waals surface area contributed by atoms with Crippen LogP contribution in [0.2, 0.25) is 0 Å². The van der Waals surface area contributed by atoms with E-state index in [1.165, 1.54) is 11.8 Å². The molecule has 0 aliphatic carbocycles. The molecule has 19 heavy (non-hydrogen) atoms. The van der Waals surface area contributed by atoms with Crippen molar-refractivity contribution in [2.75, 3.05) is 12.4 Å². The standard InChI is InChI=1S/C12H22N4O2S/c1-8(2)16-7-13-15-12(16)19-6-11(18)14-10(4)9(3)5-17/h7-10,17H,5-6H2,1-4H3,(H,14,18). The van der Waals surface area contributed by atoms with Gasteiger partial charge >= 0.3 is 0 Å². The van der Waals surface area contributed by atoms with Crippen LogP contribution in [0.25, 0.3) is 0 Å². The molecule has 6 nitrogen and oxygen atoms in total. The topological polar surface area (TPSA) is 80.0 Å². The lowest BCUT2D eigenvalue weighted by molar-refractivity contribution is -0.119. The van der Waals surface area contributed by atoms with Crippen molar-refractivity contribution in [3.63, 3.8) is 0 Å². The van der Waals surface area contributed by atoms with E-state index in [4.69, 9.17) is 5.11 Å². The average Bonchev–Trinajstić information content (AvgIpc) is 2.83. The van der Waals surface area contributed by atoms with Gasteiger partial charge in [0.1, 0.15) is 6.33 Å². The van der Waals surface area contributed by atoms with Crippen molar-refractivity contribution in [3.05, 3.63) is 6.33 Å². The summed E-state index contributed by atoms with van der Waals surface area (Å²) in [5.74, 6) is 0.290. The van der Waals surface area contributed by atoms with Crippen molar-refractivity contribution < 1.29 is 9.90 Å². The minimum atomic E-state index is -0.0592. The van der Waals surface area contributed by atoms with Gasteiger partial charge in [-0.25, -0.2) is 0 Å². The summed E-state index contributed by atoms with van der Waals surface area (Å²) >= 11 is 1.37. The lowest BCUT2D eigenvalue weighted by Gasteiger charge is -2.19. The van der Waals surface area contributed by atoms with Crippen molar-refractivity contribution in [2.45, 2.75) is 44.9 Å². The van der Waals surface area contributed by atoms with Crippen LogP contribution in [0, 0.1) is 5.92 Å². The first kappa shape index (κ1) is 16.0. The number of nitrogens with zero attached hydrogens (tertiary/aromatic N) is 3. The maximum atomic E-state index is 11.8. The number of carbonyl (C=O) groups excluding carboxylic acids is 1. The number of aliphatic hydroxyl groups is 1. The molecule has 1 rings (SSSR count). The van der Waals surface area contributed by atoms with Crippen LogP contribution in [0.15, 0.2) is 11.5 Å². The summed E-state index contributed by atoms with van der Waals surface area (Å²) in [6.07, 6.45) is 1.67. The molecule has 0 saturated carbocycles. The molecule has 1 heterocycles. The van der Waals surface area contributed by atoms with Crippen LogP contribution in [-0.2, 0) is 4.79 Å². The van der Waals surface area contributed by atoms with Gasteiger partial charge in [-0.3, -0.25) is 4.79 Å². The molecule has 0 aliphatic heterocycles. The summed E-state index contributed by atoms with van der Waals surface area (Å²) in [7, 11) is 0. The molecule has 7 heteroatoms. The van der Waals surface area contributed by atoms with Gasteiger partial charge in [0.25, 0.3) is 0 Å². The van der Waals surface area contributed by atoms with Gasteiger partial charge in [-0.05, 0) is 26.7 Å². The van der Waals surface area contributed by atoms with E-state index in [-0.39, 0.29) is 30.5 Å². The zero-order chi connectivity index (χ0) is 14.4. The zero-order valence-electron chi connectivity index (χ0n) is 11.8. The second-order valence-electron chi connectivity index (χ2n) is 4.92.